The zero-order valence-electron chi connectivity index (χ0n) is 12.2. The van der Waals surface area contributed by atoms with Gasteiger partial charge < -0.3 is 9.73 Å². The van der Waals surface area contributed by atoms with E-state index in [0.29, 0.717) is 6.04 Å². The van der Waals surface area contributed by atoms with Gasteiger partial charge in [-0.25, -0.2) is 0 Å². The van der Waals surface area contributed by atoms with Gasteiger partial charge in [-0.3, -0.25) is 0 Å². The monoisotopic (exact) mass is 299 g/mol. The Balaban J connectivity index is 1.85. The molecule has 0 amide bonds. The van der Waals surface area contributed by atoms with E-state index in [0.717, 1.165) is 33.9 Å². The molecule has 3 aromatic rings. The summed E-state index contributed by atoms with van der Waals surface area (Å²) in [6.07, 6.45) is 0. The van der Waals surface area contributed by atoms with Crippen LogP contribution in [0.1, 0.15) is 19.4 Å². The van der Waals surface area contributed by atoms with Gasteiger partial charge in [0.25, 0.3) is 0 Å². The molecule has 0 saturated heterocycles. The van der Waals surface area contributed by atoms with E-state index in [1.165, 1.54) is 5.56 Å². The highest BCUT2D eigenvalue weighted by Crippen LogP contribution is 2.29. The maximum Gasteiger partial charge on any atom is 0.135 e. The Hall–Kier alpha value is -1.77. The highest BCUT2D eigenvalue weighted by Gasteiger charge is 2.06. The molecular weight excluding hydrogens is 282 g/mol. The van der Waals surface area contributed by atoms with Gasteiger partial charge in [-0.05, 0) is 29.8 Å². The minimum absolute atomic E-state index is 0.491. The van der Waals surface area contributed by atoms with Crippen molar-refractivity contribution >= 4 is 22.6 Å². The fourth-order valence-electron chi connectivity index (χ4n) is 2.27. The van der Waals surface area contributed by atoms with E-state index in [1.54, 1.807) is 0 Å². The second kappa shape index (κ2) is 5.92. The van der Waals surface area contributed by atoms with Crippen LogP contribution in [-0.4, -0.2) is 6.04 Å². The second-order valence-corrected chi connectivity index (χ2v) is 5.96. The van der Waals surface area contributed by atoms with Gasteiger partial charge in [0.05, 0.1) is 0 Å². The maximum atomic E-state index is 6.01. The summed E-state index contributed by atoms with van der Waals surface area (Å²) in [5, 5.41) is 5.17. The number of furan rings is 1. The number of nitrogens with one attached hydrogen (secondary N) is 1. The number of benzene rings is 2. The quantitative estimate of drug-likeness (QED) is 0.711. The lowest BCUT2D eigenvalue weighted by atomic mass is 10.1. The molecule has 0 bridgehead atoms. The van der Waals surface area contributed by atoms with Crippen LogP contribution in [0.15, 0.2) is 52.9 Å². The predicted octanol–water partition coefficient (Wildman–Crippen LogP) is 5.25. The van der Waals surface area contributed by atoms with Gasteiger partial charge in [-0.2, -0.15) is 0 Å². The van der Waals surface area contributed by atoms with Crippen LogP contribution in [0.25, 0.3) is 22.3 Å². The van der Waals surface area contributed by atoms with Crippen LogP contribution in [-0.2, 0) is 6.54 Å². The van der Waals surface area contributed by atoms with Gasteiger partial charge in [-0.1, -0.05) is 49.7 Å². The third-order valence-corrected chi connectivity index (χ3v) is 3.67. The smallest absolute Gasteiger partial charge is 0.135 e. The Morgan fingerprint density at radius 2 is 1.81 bits per heavy atom. The molecule has 0 aliphatic heterocycles. The van der Waals surface area contributed by atoms with Crippen molar-refractivity contribution in [2.24, 2.45) is 0 Å². The lowest BCUT2D eigenvalue weighted by Crippen LogP contribution is -2.21. The highest BCUT2D eigenvalue weighted by molar-refractivity contribution is 6.31. The first-order valence-corrected chi connectivity index (χ1v) is 7.51. The Morgan fingerprint density at radius 1 is 1.05 bits per heavy atom. The zero-order valence-corrected chi connectivity index (χ0v) is 12.9. The van der Waals surface area contributed by atoms with Crippen LogP contribution in [0.4, 0.5) is 0 Å². The first-order valence-electron chi connectivity index (χ1n) is 7.13. The zero-order chi connectivity index (χ0) is 14.8. The first kappa shape index (κ1) is 14.2. The number of fused-ring (bicyclic) bond motifs is 1. The van der Waals surface area contributed by atoms with Crippen LogP contribution >= 0.6 is 11.6 Å². The number of hydrogen-bond acceptors (Lipinski definition) is 2. The Morgan fingerprint density at radius 3 is 2.52 bits per heavy atom. The van der Waals surface area contributed by atoms with Crippen molar-refractivity contribution in [2.75, 3.05) is 0 Å². The maximum absolute atomic E-state index is 6.01. The van der Waals surface area contributed by atoms with Crippen molar-refractivity contribution < 1.29 is 4.42 Å². The number of hydrogen-bond donors (Lipinski definition) is 1. The molecule has 1 heterocycles. The molecule has 1 aromatic heterocycles. The minimum Gasteiger partial charge on any atom is -0.456 e. The molecule has 0 fully saturated rings. The normalized spacial score (nSPS) is 11.4. The molecular formula is C18H18ClNO. The molecule has 0 unspecified atom stereocenters. The third kappa shape index (κ3) is 3.29. The lowest BCUT2D eigenvalue weighted by molar-refractivity contribution is 0.589. The lowest BCUT2D eigenvalue weighted by Gasteiger charge is -2.08. The second-order valence-electron chi connectivity index (χ2n) is 5.53. The summed E-state index contributed by atoms with van der Waals surface area (Å²) >= 11 is 6.01. The topological polar surface area (TPSA) is 25.2 Å². The van der Waals surface area contributed by atoms with Crippen molar-refractivity contribution in [2.45, 2.75) is 26.4 Å². The largest absolute Gasteiger partial charge is 0.456 e. The van der Waals surface area contributed by atoms with Gasteiger partial charge in [0.15, 0.2) is 0 Å². The molecule has 3 heteroatoms. The highest BCUT2D eigenvalue weighted by atomic mass is 35.5. The standard InChI is InChI=1S/C18H18ClNO/c1-12(2)20-11-13-3-5-14(6-4-13)18-10-15-9-16(19)7-8-17(15)21-18/h3-10,12,20H,11H2,1-2H3. The molecule has 3 rings (SSSR count). The van der Waals surface area contributed by atoms with Crippen molar-refractivity contribution in [3.63, 3.8) is 0 Å². The van der Waals surface area contributed by atoms with E-state index < -0.39 is 0 Å². The van der Waals surface area contributed by atoms with Gasteiger partial charge in [0, 0.05) is 28.6 Å². The molecule has 0 aliphatic carbocycles. The summed E-state index contributed by atoms with van der Waals surface area (Å²) in [6.45, 7) is 5.18. The molecule has 1 N–H and O–H groups in total. The summed E-state index contributed by atoms with van der Waals surface area (Å²) in [5.41, 5.74) is 3.21. The van der Waals surface area contributed by atoms with Crippen LogP contribution in [0.3, 0.4) is 0 Å². The summed E-state index contributed by atoms with van der Waals surface area (Å²) < 4.78 is 5.87. The fraction of sp³-hybridized carbons (Fsp3) is 0.222. The van der Waals surface area contributed by atoms with Gasteiger partial charge in [0.2, 0.25) is 0 Å². The summed E-state index contributed by atoms with van der Waals surface area (Å²) in [7, 11) is 0. The van der Waals surface area contributed by atoms with Crippen molar-refractivity contribution in [1.82, 2.24) is 5.32 Å². The van der Waals surface area contributed by atoms with Crippen molar-refractivity contribution in [3.05, 3.63) is 59.1 Å². The number of rotatable bonds is 4. The molecule has 2 nitrogen and oxygen atoms in total. The van der Waals surface area contributed by atoms with E-state index in [2.05, 4.69) is 43.4 Å². The Kier molecular flexibility index (Phi) is 4.00. The van der Waals surface area contributed by atoms with E-state index in [4.69, 9.17) is 16.0 Å². The number of halogens is 1. The fourth-order valence-corrected chi connectivity index (χ4v) is 2.45. The SMILES string of the molecule is CC(C)NCc1ccc(-c2cc3cc(Cl)ccc3o2)cc1. The van der Waals surface area contributed by atoms with E-state index in [-0.39, 0.29) is 0 Å². The molecule has 0 aliphatic rings. The summed E-state index contributed by atoms with van der Waals surface area (Å²) in [5.74, 6) is 0.871. The molecule has 2 aromatic carbocycles. The molecule has 21 heavy (non-hydrogen) atoms. The first-order chi connectivity index (χ1) is 10.1. The average molecular weight is 300 g/mol. The molecule has 108 valence electrons. The Bertz CT molecular complexity index is 744. The van der Waals surface area contributed by atoms with Gasteiger partial charge in [-0.15, -0.1) is 0 Å². The molecule has 0 spiro atoms. The van der Waals surface area contributed by atoms with Crippen LogP contribution in [0, 0.1) is 0 Å². The molecule has 0 atom stereocenters. The van der Waals surface area contributed by atoms with E-state index >= 15 is 0 Å². The molecule has 0 radical (unpaired) electrons. The van der Waals surface area contributed by atoms with Crippen LogP contribution in [0.2, 0.25) is 5.02 Å². The predicted molar refractivity (Wildman–Crippen MR) is 88.6 cm³/mol. The minimum atomic E-state index is 0.491. The Labute approximate surface area is 129 Å². The summed E-state index contributed by atoms with van der Waals surface area (Å²) in [6, 6.07) is 16.6. The van der Waals surface area contributed by atoms with Crippen LogP contribution in [0.5, 0.6) is 0 Å². The van der Waals surface area contributed by atoms with Crippen LogP contribution < -0.4 is 5.32 Å². The van der Waals surface area contributed by atoms with Gasteiger partial charge >= 0.3 is 0 Å². The van der Waals surface area contributed by atoms with Crippen molar-refractivity contribution in [1.29, 1.82) is 0 Å². The van der Waals surface area contributed by atoms with E-state index in [9.17, 15) is 0 Å². The molecule has 0 saturated carbocycles. The van der Waals surface area contributed by atoms with Crippen molar-refractivity contribution in [3.8, 4) is 11.3 Å². The average Bonchev–Trinajstić information content (AvgIpc) is 2.88. The van der Waals surface area contributed by atoms with E-state index in [1.807, 2.05) is 24.3 Å². The van der Waals surface area contributed by atoms with Gasteiger partial charge in [0.1, 0.15) is 11.3 Å². The summed E-state index contributed by atoms with van der Waals surface area (Å²) in [4.78, 5) is 0. The third-order valence-electron chi connectivity index (χ3n) is 3.43.